The summed E-state index contributed by atoms with van der Waals surface area (Å²) in [5.74, 6) is 1.26. The second kappa shape index (κ2) is 6.62. The summed E-state index contributed by atoms with van der Waals surface area (Å²) < 4.78 is 10.7. The molecule has 0 aliphatic rings. The van der Waals surface area contributed by atoms with Crippen LogP contribution in [0.3, 0.4) is 0 Å². The molecule has 17 heavy (non-hydrogen) atoms. The van der Waals surface area contributed by atoms with E-state index in [1.54, 1.807) is 25.3 Å². The predicted octanol–water partition coefficient (Wildman–Crippen LogP) is 1.97. The van der Waals surface area contributed by atoms with Gasteiger partial charge < -0.3 is 20.4 Å². The first kappa shape index (κ1) is 13.2. The number of nitrogens with zero attached hydrogens (tertiary/aromatic N) is 1. The van der Waals surface area contributed by atoms with Crippen molar-refractivity contribution in [1.82, 2.24) is 0 Å². The van der Waals surface area contributed by atoms with E-state index in [1.807, 2.05) is 0 Å². The Labute approximate surface area is 101 Å². The van der Waals surface area contributed by atoms with E-state index in [0.29, 0.717) is 23.7 Å². The van der Waals surface area contributed by atoms with Gasteiger partial charge in [-0.2, -0.15) is 0 Å². The number of nitrogens with two attached hydrogens (primary N) is 1. The summed E-state index contributed by atoms with van der Waals surface area (Å²) >= 11 is 0. The van der Waals surface area contributed by atoms with Gasteiger partial charge in [0.15, 0.2) is 5.84 Å². The van der Waals surface area contributed by atoms with Crippen molar-refractivity contribution in [1.29, 1.82) is 0 Å². The third-order valence-corrected chi connectivity index (χ3v) is 2.33. The minimum Gasteiger partial charge on any atom is -0.497 e. The second-order valence-corrected chi connectivity index (χ2v) is 3.55. The first-order chi connectivity index (χ1) is 8.22. The number of unbranched alkanes of at least 4 members (excludes halogenated alkanes) is 1. The van der Waals surface area contributed by atoms with Crippen molar-refractivity contribution in [2.75, 3.05) is 13.7 Å². The smallest absolute Gasteiger partial charge is 0.173 e. The van der Waals surface area contributed by atoms with Gasteiger partial charge in [0, 0.05) is 6.07 Å². The van der Waals surface area contributed by atoms with Gasteiger partial charge in [0.2, 0.25) is 0 Å². The van der Waals surface area contributed by atoms with E-state index in [0.717, 1.165) is 12.8 Å². The van der Waals surface area contributed by atoms with Crippen LogP contribution >= 0.6 is 0 Å². The minimum atomic E-state index is 0.0270. The molecule has 1 rings (SSSR count). The molecular weight excluding hydrogens is 220 g/mol. The van der Waals surface area contributed by atoms with Gasteiger partial charge in [0.1, 0.15) is 11.5 Å². The van der Waals surface area contributed by atoms with E-state index < -0.39 is 0 Å². The fourth-order valence-electron chi connectivity index (χ4n) is 1.34. The lowest BCUT2D eigenvalue weighted by Gasteiger charge is -2.11. The monoisotopic (exact) mass is 238 g/mol. The van der Waals surface area contributed by atoms with E-state index in [1.165, 1.54) is 0 Å². The Hall–Kier alpha value is -1.91. The number of hydrogen-bond acceptors (Lipinski definition) is 4. The van der Waals surface area contributed by atoms with Crippen LogP contribution in [0.2, 0.25) is 0 Å². The summed E-state index contributed by atoms with van der Waals surface area (Å²) in [6, 6.07) is 5.16. The fraction of sp³-hybridized carbons (Fsp3) is 0.417. The molecule has 0 atom stereocenters. The summed E-state index contributed by atoms with van der Waals surface area (Å²) in [5.41, 5.74) is 6.13. The summed E-state index contributed by atoms with van der Waals surface area (Å²) in [5, 5.41) is 11.7. The van der Waals surface area contributed by atoms with Crippen LogP contribution in [0.15, 0.2) is 23.4 Å². The highest BCUT2D eigenvalue weighted by Gasteiger charge is 2.09. The van der Waals surface area contributed by atoms with Gasteiger partial charge in [-0.15, -0.1) is 0 Å². The summed E-state index contributed by atoms with van der Waals surface area (Å²) in [4.78, 5) is 0. The molecule has 5 heteroatoms. The van der Waals surface area contributed by atoms with Crippen LogP contribution in [-0.2, 0) is 0 Å². The summed E-state index contributed by atoms with van der Waals surface area (Å²) in [6.45, 7) is 2.68. The molecule has 0 aliphatic heterocycles. The molecular formula is C12H18N2O3. The molecule has 94 valence electrons. The highest BCUT2D eigenvalue weighted by Crippen LogP contribution is 2.24. The molecule has 0 unspecified atom stereocenters. The molecule has 0 aromatic heterocycles. The van der Waals surface area contributed by atoms with Crippen LogP contribution in [0.1, 0.15) is 25.3 Å². The highest BCUT2D eigenvalue weighted by molar-refractivity contribution is 5.99. The molecule has 0 radical (unpaired) electrons. The van der Waals surface area contributed by atoms with Gasteiger partial charge in [-0.25, -0.2) is 0 Å². The molecule has 0 bridgehead atoms. The Morgan fingerprint density at radius 2 is 2.24 bits per heavy atom. The van der Waals surface area contributed by atoms with Gasteiger partial charge in [0.05, 0.1) is 19.3 Å². The van der Waals surface area contributed by atoms with Crippen molar-refractivity contribution in [2.45, 2.75) is 19.8 Å². The third-order valence-electron chi connectivity index (χ3n) is 2.33. The van der Waals surface area contributed by atoms with E-state index in [-0.39, 0.29) is 5.84 Å². The van der Waals surface area contributed by atoms with E-state index in [9.17, 15) is 0 Å². The van der Waals surface area contributed by atoms with Crippen molar-refractivity contribution >= 4 is 5.84 Å². The van der Waals surface area contributed by atoms with E-state index in [2.05, 4.69) is 12.1 Å². The lowest BCUT2D eigenvalue weighted by atomic mass is 10.1. The summed E-state index contributed by atoms with van der Waals surface area (Å²) in [7, 11) is 1.58. The maximum absolute atomic E-state index is 8.69. The number of amidine groups is 1. The van der Waals surface area contributed by atoms with Crippen molar-refractivity contribution in [3.63, 3.8) is 0 Å². The van der Waals surface area contributed by atoms with Crippen LogP contribution in [0.4, 0.5) is 0 Å². The average molecular weight is 238 g/mol. The molecule has 1 aromatic rings. The zero-order chi connectivity index (χ0) is 12.7. The lowest BCUT2D eigenvalue weighted by molar-refractivity contribution is 0.304. The normalized spacial score (nSPS) is 11.3. The first-order valence-electron chi connectivity index (χ1n) is 5.51. The van der Waals surface area contributed by atoms with Crippen LogP contribution in [0.5, 0.6) is 11.5 Å². The van der Waals surface area contributed by atoms with Crippen LogP contribution in [0.25, 0.3) is 0 Å². The van der Waals surface area contributed by atoms with Gasteiger partial charge in [-0.3, -0.25) is 0 Å². The quantitative estimate of drug-likeness (QED) is 0.261. The molecule has 0 spiro atoms. The minimum absolute atomic E-state index is 0.0270. The molecule has 3 N–H and O–H groups in total. The average Bonchev–Trinajstić information content (AvgIpc) is 2.38. The lowest BCUT2D eigenvalue weighted by Crippen LogP contribution is -2.15. The van der Waals surface area contributed by atoms with Gasteiger partial charge in [-0.05, 0) is 18.6 Å². The number of benzene rings is 1. The van der Waals surface area contributed by atoms with Crippen molar-refractivity contribution < 1.29 is 14.7 Å². The first-order valence-corrected chi connectivity index (χ1v) is 5.51. The topological polar surface area (TPSA) is 77.1 Å². The predicted molar refractivity (Wildman–Crippen MR) is 65.9 cm³/mol. The van der Waals surface area contributed by atoms with Crippen molar-refractivity contribution in [3.05, 3.63) is 23.8 Å². The number of oxime groups is 1. The largest absolute Gasteiger partial charge is 0.497 e. The molecule has 1 aromatic carbocycles. The SMILES string of the molecule is CCCCOc1cc(OC)ccc1/C(N)=N/O. The zero-order valence-corrected chi connectivity index (χ0v) is 10.1. The maximum Gasteiger partial charge on any atom is 0.173 e. The van der Waals surface area contributed by atoms with Gasteiger partial charge in [-0.1, -0.05) is 18.5 Å². The Bertz CT molecular complexity index is 391. The Kier molecular flexibility index (Phi) is 5.13. The molecule has 0 aliphatic carbocycles. The maximum atomic E-state index is 8.69. The molecule has 5 nitrogen and oxygen atoms in total. The van der Waals surface area contributed by atoms with Crippen LogP contribution in [0, 0.1) is 0 Å². The van der Waals surface area contributed by atoms with E-state index in [4.69, 9.17) is 20.4 Å². The molecule has 0 saturated carbocycles. The zero-order valence-electron chi connectivity index (χ0n) is 10.1. The molecule has 0 fully saturated rings. The third kappa shape index (κ3) is 3.55. The Morgan fingerprint density at radius 3 is 2.82 bits per heavy atom. The van der Waals surface area contributed by atoms with E-state index >= 15 is 0 Å². The van der Waals surface area contributed by atoms with Crippen molar-refractivity contribution in [2.24, 2.45) is 10.9 Å². The molecule has 0 amide bonds. The second-order valence-electron chi connectivity index (χ2n) is 3.55. The van der Waals surface area contributed by atoms with Gasteiger partial charge >= 0.3 is 0 Å². The standard InChI is InChI=1S/C12H18N2O3/c1-3-4-7-17-11-8-9(16-2)5-6-10(11)12(13)14-15/h5-6,8,15H,3-4,7H2,1-2H3,(H2,13,14). The number of rotatable bonds is 6. The van der Waals surface area contributed by atoms with Gasteiger partial charge in [0.25, 0.3) is 0 Å². The number of ether oxygens (including phenoxy) is 2. The summed E-state index contributed by atoms with van der Waals surface area (Å²) in [6.07, 6.45) is 2.00. The Balaban J connectivity index is 2.95. The number of methoxy groups -OCH3 is 1. The van der Waals surface area contributed by atoms with Crippen LogP contribution < -0.4 is 15.2 Å². The van der Waals surface area contributed by atoms with Crippen LogP contribution in [-0.4, -0.2) is 24.8 Å². The van der Waals surface area contributed by atoms with Crippen molar-refractivity contribution in [3.8, 4) is 11.5 Å². The Morgan fingerprint density at radius 1 is 1.47 bits per heavy atom. The highest BCUT2D eigenvalue weighted by atomic mass is 16.5. The molecule has 0 heterocycles. The molecule has 0 saturated heterocycles. The fourth-order valence-corrected chi connectivity index (χ4v) is 1.34. The number of hydrogen-bond donors (Lipinski definition) is 2.